The summed E-state index contributed by atoms with van der Waals surface area (Å²) in [7, 11) is 0. The molecule has 0 aliphatic heterocycles. The van der Waals surface area contributed by atoms with Crippen molar-refractivity contribution in [2.45, 2.75) is 19.1 Å². The summed E-state index contributed by atoms with van der Waals surface area (Å²) < 4.78 is 61.5. The Morgan fingerprint density at radius 1 is 1.38 bits per heavy atom. The van der Waals surface area contributed by atoms with Gasteiger partial charge in [0.15, 0.2) is 5.43 Å². The largest absolute Gasteiger partial charge is 0.421 e. The summed E-state index contributed by atoms with van der Waals surface area (Å²) >= 11 is 0. The standard InChI is InChI=1S/C8H7F5N2O/c9-7(10)3-1-5(16)6(8(11,12)13)4(2-14)15-3/h1,7H,2,14H2,(H,15,16). The number of hydrogen-bond acceptors (Lipinski definition) is 2. The third kappa shape index (κ3) is 2.38. The van der Waals surface area contributed by atoms with E-state index < -0.39 is 41.5 Å². The van der Waals surface area contributed by atoms with Crippen LogP contribution in [0.5, 0.6) is 0 Å². The summed E-state index contributed by atoms with van der Waals surface area (Å²) in [5, 5.41) is 0. The van der Waals surface area contributed by atoms with Crippen molar-refractivity contribution in [1.29, 1.82) is 0 Å². The van der Waals surface area contributed by atoms with Crippen molar-refractivity contribution in [1.82, 2.24) is 4.98 Å². The number of nitrogens with one attached hydrogen (secondary N) is 1. The molecule has 8 heteroatoms. The van der Waals surface area contributed by atoms with Crippen LogP contribution in [0.3, 0.4) is 0 Å². The topological polar surface area (TPSA) is 58.9 Å². The molecule has 0 spiro atoms. The van der Waals surface area contributed by atoms with Gasteiger partial charge in [0.25, 0.3) is 6.43 Å². The van der Waals surface area contributed by atoms with Gasteiger partial charge in [-0.25, -0.2) is 8.78 Å². The highest BCUT2D eigenvalue weighted by Crippen LogP contribution is 2.29. The second kappa shape index (κ2) is 4.20. The second-order valence-corrected chi connectivity index (χ2v) is 2.95. The lowest BCUT2D eigenvalue weighted by Gasteiger charge is -2.12. The van der Waals surface area contributed by atoms with Gasteiger partial charge in [-0.05, 0) is 0 Å². The van der Waals surface area contributed by atoms with Crippen LogP contribution in [-0.2, 0) is 12.7 Å². The van der Waals surface area contributed by atoms with Gasteiger partial charge < -0.3 is 10.7 Å². The minimum Gasteiger partial charge on any atom is -0.356 e. The van der Waals surface area contributed by atoms with Crippen molar-refractivity contribution in [3.8, 4) is 0 Å². The zero-order chi connectivity index (χ0) is 12.5. The Hall–Kier alpha value is -1.44. The summed E-state index contributed by atoms with van der Waals surface area (Å²) in [5.41, 5.74) is 0.313. The first-order valence-corrected chi connectivity index (χ1v) is 4.09. The molecule has 0 aliphatic carbocycles. The van der Waals surface area contributed by atoms with Gasteiger partial charge in [-0.2, -0.15) is 13.2 Å². The molecule has 0 bridgehead atoms. The number of aromatic nitrogens is 1. The molecule has 3 N–H and O–H groups in total. The predicted molar refractivity (Wildman–Crippen MR) is 44.9 cm³/mol. The van der Waals surface area contributed by atoms with Crippen molar-refractivity contribution in [2.24, 2.45) is 5.73 Å². The first kappa shape index (κ1) is 12.6. The third-order valence-electron chi connectivity index (χ3n) is 1.85. The van der Waals surface area contributed by atoms with Crippen molar-refractivity contribution in [2.75, 3.05) is 0 Å². The average molecular weight is 242 g/mol. The van der Waals surface area contributed by atoms with Gasteiger partial charge in [-0.1, -0.05) is 0 Å². The van der Waals surface area contributed by atoms with E-state index in [0.717, 1.165) is 0 Å². The van der Waals surface area contributed by atoms with Crippen LogP contribution >= 0.6 is 0 Å². The number of rotatable bonds is 2. The molecule has 0 saturated heterocycles. The maximum absolute atomic E-state index is 12.4. The number of alkyl halides is 5. The number of hydrogen-bond donors (Lipinski definition) is 2. The zero-order valence-corrected chi connectivity index (χ0v) is 7.74. The van der Waals surface area contributed by atoms with E-state index in [1.54, 1.807) is 0 Å². The quantitative estimate of drug-likeness (QED) is 0.777. The van der Waals surface area contributed by atoms with Crippen LogP contribution in [0.25, 0.3) is 0 Å². The maximum atomic E-state index is 12.4. The van der Waals surface area contributed by atoms with Gasteiger partial charge in [0.2, 0.25) is 0 Å². The van der Waals surface area contributed by atoms with E-state index in [4.69, 9.17) is 5.73 Å². The highest BCUT2D eigenvalue weighted by Gasteiger charge is 2.37. The van der Waals surface area contributed by atoms with Crippen LogP contribution in [0.2, 0.25) is 0 Å². The summed E-state index contributed by atoms with van der Waals surface area (Å²) in [6.07, 6.45) is -7.97. The lowest BCUT2D eigenvalue weighted by molar-refractivity contribution is -0.139. The van der Waals surface area contributed by atoms with E-state index in [1.807, 2.05) is 4.98 Å². The van der Waals surface area contributed by atoms with Crippen LogP contribution in [0.1, 0.15) is 23.4 Å². The Morgan fingerprint density at radius 3 is 2.31 bits per heavy atom. The Bertz CT molecular complexity index is 437. The van der Waals surface area contributed by atoms with Crippen LogP contribution < -0.4 is 11.2 Å². The van der Waals surface area contributed by atoms with E-state index >= 15 is 0 Å². The number of H-pyrrole nitrogens is 1. The third-order valence-corrected chi connectivity index (χ3v) is 1.85. The first-order chi connectivity index (χ1) is 7.27. The summed E-state index contributed by atoms with van der Waals surface area (Å²) in [5.74, 6) is 0. The molecule has 90 valence electrons. The zero-order valence-electron chi connectivity index (χ0n) is 7.74. The second-order valence-electron chi connectivity index (χ2n) is 2.95. The predicted octanol–water partition coefficient (Wildman–Crippen LogP) is 1.79. The molecular weight excluding hydrogens is 235 g/mol. The van der Waals surface area contributed by atoms with Crippen molar-refractivity contribution in [3.05, 3.63) is 33.2 Å². The molecule has 1 heterocycles. The van der Waals surface area contributed by atoms with Crippen LogP contribution in [-0.4, -0.2) is 4.98 Å². The molecule has 0 radical (unpaired) electrons. The average Bonchev–Trinajstić information content (AvgIpc) is 2.14. The molecule has 3 nitrogen and oxygen atoms in total. The minimum atomic E-state index is -4.91. The van der Waals surface area contributed by atoms with E-state index in [9.17, 15) is 26.7 Å². The molecule has 1 aromatic heterocycles. The highest BCUT2D eigenvalue weighted by atomic mass is 19.4. The Labute approximate surface area is 86.1 Å². The van der Waals surface area contributed by atoms with Crippen LogP contribution in [0, 0.1) is 0 Å². The summed E-state index contributed by atoms with van der Waals surface area (Å²) in [6.45, 7) is -0.676. The van der Waals surface area contributed by atoms with E-state index in [2.05, 4.69) is 0 Å². The number of nitrogens with two attached hydrogens (primary N) is 1. The lowest BCUT2D eigenvalue weighted by Crippen LogP contribution is -2.25. The Balaban J connectivity index is 3.47. The normalized spacial score (nSPS) is 12.2. The molecule has 0 amide bonds. The molecule has 0 atom stereocenters. The lowest BCUT2D eigenvalue weighted by atomic mass is 10.1. The SMILES string of the molecule is NCc1[nH]c(C(F)F)cc(=O)c1C(F)(F)F. The van der Waals surface area contributed by atoms with Crippen molar-refractivity contribution < 1.29 is 22.0 Å². The van der Waals surface area contributed by atoms with Crippen molar-refractivity contribution >= 4 is 0 Å². The van der Waals surface area contributed by atoms with Crippen LogP contribution in [0.4, 0.5) is 22.0 Å². The fourth-order valence-corrected chi connectivity index (χ4v) is 1.22. The van der Waals surface area contributed by atoms with Gasteiger partial charge in [0.05, 0.1) is 5.69 Å². The molecular formula is C8H7F5N2O. The molecule has 0 aromatic carbocycles. The van der Waals surface area contributed by atoms with E-state index in [-0.39, 0.29) is 6.07 Å². The maximum Gasteiger partial charge on any atom is 0.421 e. The molecule has 0 unspecified atom stereocenters. The minimum absolute atomic E-state index is 0.229. The molecule has 0 fully saturated rings. The Morgan fingerprint density at radius 2 is 1.94 bits per heavy atom. The molecule has 1 aromatic rings. The highest BCUT2D eigenvalue weighted by molar-refractivity contribution is 5.26. The van der Waals surface area contributed by atoms with Gasteiger partial charge in [-0.3, -0.25) is 4.79 Å². The smallest absolute Gasteiger partial charge is 0.356 e. The first-order valence-electron chi connectivity index (χ1n) is 4.09. The number of aromatic amines is 1. The van der Waals surface area contributed by atoms with Gasteiger partial charge in [0.1, 0.15) is 5.56 Å². The summed E-state index contributed by atoms with van der Waals surface area (Å²) in [6, 6.07) is 0.229. The fourth-order valence-electron chi connectivity index (χ4n) is 1.22. The molecule has 1 rings (SSSR count). The van der Waals surface area contributed by atoms with E-state index in [1.165, 1.54) is 0 Å². The number of halogens is 5. The molecule has 0 saturated carbocycles. The van der Waals surface area contributed by atoms with Gasteiger partial charge in [-0.15, -0.1) is 0 Å². The van der Waals surface area contributed by atoms with E-state index in [0.29, 0.717) is 0 Å². The van der Waals surface area contributed by atoms with Crippen LogP contribution in [0.15, 0.2) is 10.9 Å². The van der Waals surface area contributed by atoms with Gasteiger partial charge >= 0.3 is 6.18 Å². The van der Waals surface area contributed by atoms with Crippen molar-refractivity contribution in [3.63, 3.8) is 0 Å². The van der Waals surface area contributed by atoms with Gasteiger partial charge in [0, 0.05) is 18.3 Å². The molecule has 0 aliphatic rings. The summed E-state index contributed by atoms with van der Waals surface area (Å²) in [4.78, 5) is 12.9. The number of pyridine rings is 1. The monoisotopic (exact) mass is 242 g/mol. The fraction of sp³-hybridized carbons (Fsp3) is 0.375. The Kier molecular flexibility index (Phi) is 3.32. The molecule has 16 heavy (non-hydrogen) atoms.